The van der Waals surface area contributed by atoms with Crippen molar-refractivity contribution in [2.45, 2.75) is 38.1 Å². The number of hydrogen-bond acceptors (Lipinski definition) is 2. The van der Waals surface area contributed by atoms with E-state index in [9.17, 15) is 4.79 Å². The number of carbonyl (C=O) groups is 1. The fourth-order valence-corrected chi connectivity index (χ4v) is 4.92. The summed E-state index contributed by atoms with van der Waals surface area (Å²) in [6, 6.07) is 15.6. The number of carbonyl (C=O) groups excluding carboxylic acids is 1. The van der Waals surface area contributed by atoms with Gasteiger partial charge in [0.1, 0.15) is 5.82 Å². The lowest BCUT2D eigenvalue weighted by Gasteiger charge is -2.32. The molecule has 4 nitrogen and oxygen atoms in total. The van der Waals surface area contributed by atoms with Gasteiger partial charge in [0, 0.05) is 29.6 Å². The van der Waals surface area contributed by atoms with Crippen LogP contribution in [-0.4, -0.2) is 32.9 Å². The van der Waals surface area contributed by atoms with Gasteiger partial charge < -0.3 is 4.90 Å². The van der Waals surface area contributed by atoms with Gasteiger partial charge in [0.25, 0.3) is 5.91 Å². The van der Waals surface area contributed by atoms with Crippen LogP contribution < -0.4 is 0 Å². The van der Waals surface area contributed by atoms with Gasteiger partial charge in [-0.1, -0.05) is 48.2 Å². The molecule has 5 rings (SSSR count). The highest BCUT2D eigenvalue weighted by molar-refractivity contribution is 6.32. The van der Waals surface area contributed by atoms with E-state index in [2.05, 4.69) is 0 Å². The Bertz CT molecular complexity index is 1070. The van der Waals surface area contributed by atoms with E-state index in [1.54, 1.807) is 0 Å². The molecule has 3 aromatic rings. The number of para-hydroxylation sites is 1. The van der Waals surface area contributed by atoms with E-state index in [1.807, 2.05) is 58.0 Å². The fraction of sp³-hybridized carbons (Fsp3) is 0.304. The zero-order chi connectivity index (χ0) is 20.0. The monoisotopic (exact) mass is 425 g/mol. The zero-order valence-corrected chi connectivity index (χ0v) is 17.5. The van der Waals surface area contributed by atoms with Crippen molar-refractivity contribution in [3.05, 3.63) is 70.0 Å². The Hall–Kier alpha value is -2.30. The first kappa shape index (κ1) is 18.7. The largest absolute Gasteiger partial charge is 0.334 e. The molecule has 29 heavy (non-hydrogen) atoms. The second kappa shape index (κ2) is 7.51. The molecule has 1 aromatic heterocycles. The highest BCUT2D eigenvalue weighted by atomic mass is 35.5. The maximum Gasteiger partial charge on any atom is 0.274 e. The summed E-state index contributed by atoms with van der Waals surface area (Å²) in [5.74, 6) is 0.764. The molecule has 0 atom stereocenters. The van der Waals surface area contributed by atoms with E-state index < -0.39 is 0 Å². The van der Waals surface area contributed by atoms with Crippen LogP contribution in [0.25, 0.3) is 17.1 Å². The molecule has 2 aromatic carbocycles. The Morgan fingerprint density at radius 2 is 1.69 bits per heavy atom. The number of amides is 1. The minimum absolute atomic E-state index is 0.0409. The first-order valence-electron chi connectivity index (χ1n) is 10.1. The number of hydrogen-bond donors (Lipinski definition) is 0. The fourth-order valence-electron chi connectivity index (χ4n) is 4.57. The van der Waals surface area contributed by atoms with Gasteiger partial charge in [-0.05, 0) is 49.2 Å². The van der Waals surface area contributed by atoms with Crippen molar-refractivity contribution in [1.82, 2.24) is 14.5 Å². The van der Waals surface area contributed by atoms with Crippen molar-refractivity contribution in [2.75, 3.05) is 6.54 Å². The molecule has 1 aliphatic carbocycles. The van der Waals surface area contributed by atoms with Crippen molar-refractivity contribution >= 4 is 29.1 Å². The molecule has 2 heterocycles. The Kier molecular flexibility index (Phi) is 4.84. The van der Waals surface area contributed by atoms with Crippen molar-refractivity contribution in [3.8, 4) is 17.1 Å². The van der Waals surface area contributed by atoms with Crippen LogP contribution in [0.4, 0.5) is 0 Å². The predicted octanol–water partition coefficient (Wildman–Crippen LogP) is 5.79. The number of fused-ring (bicyclic) bond motifs is 1. The van der Waals surface area contributed by atoms with E-state index in [0.29, 0.717) is 21.8 Å². The number of halogens is 2. The number of imidazole rings is 1. The van der Waals surface area contributed by atoms with Crippen LogP contribution in [0.3, 0.4) is 0 Å². The molecular weight excluding hydrogens is 405 g/mol. The molecule has 0 saturated heterocycles. The van der Waals surface area contributed by atoms with Crippen LogP contribution in [0, 0.1) is 0 Å². The minimum Gasteiger partial charge on any atom is -0.334 e. The van der Waals surface area contributed by atoms with Crippen molar-refractivity contribution in [3.63, 3.8) is 0 Å². The molecule has 1 aliphatic heterocycles. The van der Waals surface area contributed by atoms with Crippen LogP contribution in [0.5, 0.6) is 0 Å². The lowest BCUT2D eigenvalue weighted by atomic mass is 10.1. The smallest absolute Gasteiger partial charge is 0.274 e. The molecule has 0 spiro atoms. The van der Waals surface area contributed by atoms with Crippen LogP contribution in [0.2, 0.25) is 10.0 Å². The summed E-state index contributed by atoms with van der Waals surface area (Å²) in [5, 5.41) is 1.30. The van der Waals surface area contributed by atoms with Gasteiger partial charge in [0.2, 0.25) is 0 Å². The first-order chi connectivity index (χ1) is 14.1. The van der Waals surface area contributed by atoms with Gasteiger partial charge in [-0.15, -0.1) is 0 Å². The van der Waals surface area contributed by atoms with E-state index in [0.717, 1.165) is 48.6 Å². The van der Waals surface area contributed by atoms with E-state index in [4.69, 9.17) is 28.2 Å². The Labute approximate surface area is 180 Å². The van der Waals surface area contributed by atoms with E-state index in [1.165, 1.54) is 12.8 Å². The van der Waals surface area contributed by atoms with Crippen LogP contribution >= 0.6 is 23.2 Å². The van der Waals surface area contributed by atoms with Crippen LogP contribution in [0.15, 0.2) is 48.5 Å². The molecule has 0 radical (unpaired) electrons. The number of nitrogens with zero attached hydrogens (tertiary/aromatic N) is 3. The molecule has 1 saturated carbocycles. The summed E-state index contributed by atoms with van der Waals surface area (Å²) in [4.78, 5) is 20.2. The Balaban J connectivity index is 1.67. The Morgan fingerprint density at radius 1 is 0.966 bits per heavy atom. The van der Waals surface area contributed by atoms with Gasteiger partial charge >= 0.3 is 0 Å². The van der Waals surface area contributed by atoms with Crippen LogP contribution in [0.1, 0.15) is 41.9 Å². The summed E-state index contributed by atoms with van der Waals surface area (Å²) in [6.45, 7) is 0.729. The molecule has 0 N–H and O–H groups in total. The molecule has 1 amide bonds. The second-order valence-electron chi connectivity index (χ2n) is 7.71. The lowest BCUT2D eigenvalue weighted by molar-refractivity contribution is 0.0656. The van der Waals surface area contributed by atoms with Gasteiger partial charge in [0.15, 0.2) is 5.69 Å². The normalized spacial score (nSPS) is 17.0. The molecule has 2 aliphatic rings. The molecule has 148 valence electrons. The summed E-state index contributed by atoms with van der Waals surface area (Å²) in [5.41, 5.74) is 3.23. The van der Waals surface area contributed by atoms with Crippen molar-refractivity contribution in [2.24, 2.45) is 0 Å². The van der Waals surface area contributed by atoms with Gasteiger partial charge in [0.05, 0.1) is 16.4 Å². The van der Waals surface area contributed by atoms with Crippen LogP contribution in [-0.2, 0) is 6.42 Å². The maximum absolute atomic E-state index is 13.4. The number of benzene rings is 2. The van der Waals surface area contributed by atoms with Gasteiger partial charge in [-0.2, -0.15) is 0 Å². The summed E-state index contributed by atoms with van der Waals surface area (Å²) < 4.78 is 2.05. The molecule has 0 bridgehead atoms. The van der Waals surface area contributed by atoms with Gasteiger partial charge in [-0.25, -0.2) is 4.98 Å². The zero-order valence-electron chi connectivity index (χ0n) is 15.9. The average molecular weight is 426 g/mol. The third-order valence-electron chi connectivity index (χ3n) is 5.99. The second-order valence-corrected chi connectivity index (χ2v) is 8.55. The molecular formula is C23H21Cl2N3O. The topological polar surface area (TPSA) is 38.1 Å². The summed E-state index contributed by atoms with van der Waals surface area (Å²) in [7, 11) is 0. The summed E-state index contributed by atoms with van der Waals surface area (Å²) >= 11 is 12.6. The maximum atomic E-state index is 13.4. The number of aromatic nitrogens is 2. The predicted molar refractivity (Wildman–Crippen MR) is 116 cm³/mol. The van der Waals surface area contributed by atoms with E-state index in [-0.39, 0.29) is 5.91 Å². The molecule has 6 heteroatoms. The third-order valence-corrected chi connectivity index (χ3v) is 6.56. The third kappa shape index (κ3) is 3.24. The minimum atomic E-state index is 0.0409. The standard InChI is InChI=1S/C23H21Cl2N3O/c24-16-11-9-15(10-12-16)22-26-21-20(28(22)19-8-4-3-7-18(19)25)13-14-27(23(21)29)17-5-1-2-6-17/h3-4,7-12,17H,1-2,5-6,13-14H2. The quantitative estimate of drug-likeness (QED) is 0.532. The van der Waals surface area contributed by atoms with Crippen molar-refractivity contribution in [1.29, 1.82) is 0 Å². The first-order valence-corrected chi connectivity index (χ1v) is 10.8. The highest BCUT2D eigenvalue weighted by Crippen LogP contribution is 2.35. The van der Waals surface area contributed by atoms with E-state index >= 15 is 0 Å². The summed E-state index contributed by atoms with van der Waals surface area (Å²) in [6.07, 6.45) is 5.35. The highest BCUT2D eigenvalue weighted by Gasteiger charge is 2.36. The molecule has 0 unspecified atom stereocenters. The Morgan fingerprint density at radius 3 is 2.41 bits per heavy atom. The SMILES string of the molecule is O=C1c2nc(-c3ccc(Cl)cc3)n(-c3ccccc3Cl)c2CCN1C1CCCC1. The lowest BCUT2D eigenvalue weighted by Crippen LogP contribution is -2.44. The van der Waals surface area contributed by atoms with Gasteiger partial charge in [-0.3, -0.25) is 9.36 Å². The number of rotatable bonds is 3. The average Bonchev–Trinajstić information content (AvgIpc) is 3.38. The van der Waals surface area contributed by atoms with Crippen molar-refractivity contribution < 1.29 is 4.79 Å². The molecule has 1 fully saturated rings.